The molecule has 47 heavy (non-hydrogen) atoms. The van der Waals surface area contributed by atoms with Crippen LogP contribution in [0.3, 0.4) is 0 Å². The number of nitrogens with one attached hydrogen (secondary N) is 4. The number of aromatic nitrogens is 6. The largest absolute Gasteiger partial charge is 0.453 e. The molecule has 16 heteroatoms. The number of ether oxygens (including phenoxy) is 1. The second kappa shape index (κ2) is 15.4. The molecule has 240 valence electrons. The zero-order valence-corrected chi connectivity index (χ0v) is 26.8. The lowest BCUT2D eigenvalue weighted by Crippen LogP contribution is -2.33. The van der Waals surface area contributed by atoms with E-state index in [1.54, 1.807) is 72.8 Å². The number of H-pyrrole nitrogens is 1. The van der Waals surface area contributed by atoms with Crippen molar-refractivity contribution in [3.8, 4) is 16.9 Å². The lowest BCUT2D eigenvalue weighted by Gasteiger charge is -2.16. The van der Waals surface area contributed by atoms with Crippen LogP contribution in [0, 0.1) is 0 Å². The first-order valence-corrected chi connectivity index (χ1v) is 15.1. The minimum absolute atomic E-state index is 0.161. The van der Waals surface area contributed by atoms with Crippen molar-refractivity contribution in [2.24, 2.45) is 0 Å². The Hall–Kier alpha value is -5.24. The zero-order valence-electron chi connectivity index (χ0n) is 24.6. The second-order valence-corrected chi connectivity index (χ2v) is 11.2. The Bertz CT molecular complexity index is 1890. The fourth-order valence-corrected chi connectivity index (χ4v) is 4.96. The molecule has 0 aliphatic rings. The van der Waals surface area contributed by atoms with Crippen molar-refractivity contribution in [2.45, 2.75) is 19.0 Å². The fourth-order valence-electron chi connectivity index (χ4n) is 4.41. The van der Waals surface area contributed by atoms with Gasteiger partial charge in [0.1, 0.15) is 23.0 Å². The van der Waals surface area contributed by atoms with Crippen molar-refractivity contribution in [3.05, 3.63) is 111 Å². The molecule has 0 fully saturated rings. The van der Waals surface area contributed by atoms with Crippen LogP contribution in [0.15, 0.2) is 79.1 Å². The molecule has 3 amide bonds. The van der Waals surface area contributed by atoms with Gasteiger partial charge in [-0.3, -0.25) is 14.9 Å². The van der Waals surface area contributed by atoms with Gasteiger partial charge in [0.05, 0.1) is 25.3 Å². The van der Waals surface area contributed by atoms with E-state index in [0.29, 0.717) is 38.2 Å². The summed E-state index contributed by atoms with van der Waals surface area (Å²) in [6, 6.07) is 17.9. The molecule has 5 rings (SSSR count). The Kier molecular flexibility index (Phi) is 10.8. The van der Waals surface area contributed by atoms with Crippen LogP contribution < -0.4 is 16.0 Å². The number of rotatable bonds is 11. The molecule has 2 heterocycles. The molecule has 4 N–H and O–H groups in total. The summed E-state index contributed by atoms with van der Waals surface area (Å²) in [5.74, 6) is -0.616. The van der Waals surface area contributed by atoms with Gasteiger partial charge < -0.3 is 20.4 Å². The number of anilines is 1. The molecule has 5 aromatic rings. The Morgan fingerprint density at radius 3 is 2.45 bits per heavy atom. The van der Waals surface area contributed by atoms with E-state index in [2.05, 4.69) is 46.2 Å². The number of amides is 3. The van der Waals surface area contributed by atoms with Gasteiger partial charge in [0.15, 0.2) is 0 Å². The minimum atomic E-state index is -0.901. The number of benzene rings is 3. The summed E-state index contributed by atoms with van der Waals surface area (Å²) >= 11 is 18.7. The van der Waals surface area contributed by atoms with Gasteiger partial charge in [0.2, 0.25) is 11.8 Å². The van der Waals surface area contributed by atoms with Crippen molar-refractivity contribution in [1.29, 1.82) is 0 Å². The Morgan fingerprint density at radius 2 is 1.74 bits per heavy atom. The van der Waals surface area contributed by atoms with E-state index >= 15 is 0 Å². The highest BCUT2D eigenvalue weighted by Crippen LogP contribution is 2.29. The highest BCUT2D eigenvalue weighted by atomic mass is 35.5. The third-order valence-corrected chi connectivity index (χ3v) is 7.47. The molecule has 2 aromatic heterocycles. The summed E-state index contributed by atoms with van der Waals surface area (Å²) in [7, 11) is 1.27. The predicted octanol–water partition coefficient (Wildman–Crippen LogP) is 5.77. The van der Waals surface area contributed by atoms with Gasteiger partial charge in [-0.2, -0.15) is 4.68 Å². The van der Waals surface area contributed by atoms with E-state index in [-0.39, 0.29) is 29.9 Å². The number of carbonyl (C=O) groups is 3. The third kappa shape index (κ3) is 8.94. The van der Waals surface area contributed by atoms with E-state index in [0.717, 1.165) is 5.56 Å². The van der Waals surface area contributed by atoms with Crippen LogP contribution in [0.2, 0.25) is 15.2 Å². The van der Waals surface area contributed by atoms with Gasteiger partial charge in [-0.25, -0.2) is 9.78 Å². The van der Waals surface area contributed by atoms with E-state index < -0.39 is 18.0 Å². The molecular formula is C31H26Cl3N9O4. The molecule has 13 nitrogen and oxygen atoms in total. The van der Waals surface area contributed by atoms with Crippen molar-refractivity contribution >= 4 is 64.5 Å². The zero-order chi connectivity index (χ0) is 33.3. The van der Waals surface area contributed by atoms with Gasteiger partial charge in [0, 0.05) is 39.5 Å². The number of nitrogens with zero attached hydrogens (tertiary/aromatic N) is 5. The Balaban J connectivity index is 1.37. The van der Waals surface area contributed by atoms with E-state index in [1.165, 1.54) is 24.2 Å². The molecule has 3 aromatic carbocycles. The standard InChI is InChI=1S/C31H26Cl3N9O4/c1-47-31(46)37-23-10-4-19(5-11-23)28-29(34)40-30(39-28)24(15-27(45)35-16-18-2-7-21(32)8-3-18)38-26(44)13-6-20-14-22(33)9-12-25(20)43-17-36-41-42-43/h2-14,17,24H,15-16H2,1H3,(H,35,45)(H,37,46)(H,38,44)(H,39,40)/b13-6+. The number of methoxy groups -OCH3 is 1. The van der Waals surface area contributed by atoms with Crippen LogP contribution >= 0.6 is 34.8 Å². The summed E-state index contributed by atoms with van der Waals surface area (Å²) in [6.45, 7) is 0.251. The van der Waals surface area contributed by atoms with Crippen molar-refractivity contribution in [1.82, 2.24) is 40.8 Å². The van der Waals surface area contributed by atoms with Crippen molar-refractivity contribution < 1.29 is 19.1 Å². The molecule has 1 unspecified atom stereocenters. The summed E-state index contributed by atoms with van der Waals surface area (Å²) < 4.78 is 6.05. The van der Waals surface area contributed by atoms with Crippen LogP contribution in [-0.4, -0.2) is 55.2 Å². The Labute approximate surface area is 283 Å². The molecule has 0 saturated carbocycles. The summed E-state index contributed by atoms with van der Waals surface area (Å²) in [4.78, 5) is 45.5. The number of hydrogen-bond acceptors (Lipinski definition) is 8. The van der Waals surface area contributed by atoms with Crippen LogP contribution in [0.25, 0.3) is 23.0 Å². The van der Waals surface area contributed by atoms with Crippen LogP contribution in [-0.2, 0) is 20.9 Å². The number of carbonyl (C=O) groups excluding carboxylic acids is 3. The quantitative estimate of drug-likeness (QED) is 0.126. The monoisotopic (exact) mass is 693 g/mol. The first kappa shape index (κ1) is 33.1. The maximum Gasteiger partial charge on any atom is 0.411 e. The first-order chi connectivity index (χ1) is 22.7. The first-order valence-electron chi connectivity index (χ1n) is 13.9. The maximum atomic E-state index is 13.2. The Morgan fingerprint density at radius 1 is 1.00 bits per heavy atom. The van der Waals surface area contributed by atoms with E-state index in [9.17, 15) is 14.4 Å². The number of halogens is 3. The fraction of sp³-hybridized carbons (Fsp3) is 0.129. The summed E-state index contributed by atoms with van der Waals surface area (Å²) in [5, 5.41) is 20.7. The smallest absolute Gasteiger partial charge is 0.411 e. The van der Waals surface area contributed by atoms with Gasteiger partial charge in [-0.05, 0) is 64.5 Å². The van der Waals surface area contributed by atoms with E-state index in [4.69, 9.17) is 34.8 Å². The normalized spacial score (nSPS) is 11.7. The molecule has 1 atom stereocenters. The molecule has 0 radical (unpaired) electrons. The lowest BCUT2D eigenvalue weighted by molar-refractivity contribution is -0.122. The molecule has 0 spiro atoms. The average Bonchev–Trinajstić information content (AvgIpc) is 3.74. The maximum absolute atomic E-state index is 13.2. The highest BCUT2D eigenvalue weighted by Gasteiger charge is 2.23. The highest BCUT2D eigenvalue weighted by molar-refractivity contribution is 6.32. The lowest BCUT2D eigenvalue weighted by atomic mass is 10.1. The number of tetrazole rings is 1. The third-order valence-electron chi connectivity index (χ3n) is 6.71. The van der Waals surface area contributed by atoms with Crippen LogP contribution in [0.5, 0.6) is 0 Å². The predicted molar refractivity (Wildman–Crippen MR) is 177 cm³/mol. The van der Waals surface area contributed by atoms with Crippen LogP contribution in [0.4, 0.5) is 10.5 Å². The summed E-state index contributed by atoms with van der Waals surface area (Å²) in [6.07, 6.45) is 3.50. The van der Waals surface area contributed by atoms with E-state index in [1.807, 2.05) is 0 Å². The van der Waals surface area contributed by atoms with Gasteiger partial charge in [-0.15, -0.1) is 5.10 Å². The number of aromatic amines is 1. The molecule has 0 aliphatic carbocycles. The number of imidazole rings is 1. The molecule has 0 aliphatic heterocycles. The summed E-state index contributed by atoms with van der Waals surface area (Å²) in [5.41, 5.74) is 3.53. The molecular weight excluding hydrogens is 669 g/mol. The van der Waals surface area contributed by atoms with Gasteiger partial charge in [0.25, 0.3) is 0 Å². The topological polar surface area (TPSA) is 169 Å². The van der Waals surface area contributed by atoms with Gasteiger partial charge >= 0.3 is 6.09 Å². The molecule has 0 bridgehead atoms. The van der Waals surface area contributed by atoms with Crippen molar-refractivity contribution in [3.63, 3.8) is 0 Å². The van der Waals surface area contributed by atoms with Gasteiger partial charge in [-0.1, -0.05) is 59.1 Å². The number of hydrogen-bond donors (Lipinski definition) is 4. The molecule has 0 saturated heterocycles. The second-order valence-electron chi connectivity index (χ2n) is 9.94. The average molecular weight is 695 g/mol. The van der Waals surface area contributed by atoms with Crippen molar-refractivity contribution in [2.75, 3.05) is 12.4 Å². The SMILES string of the molecule is COC(=O)Nc1ccc(-c2nc(C(CC(=O)NCc3ccc(Cl)cc3)NC(=O)/C=C/c3cc(Cl)ccc3-n3cnnn3)[nH]c2Cl)cc1. The van der Waals surface area contributed by atoms with Crippen LogP contribution in [0.1, 0.15) is 29.4 Å². The minimum Gasteiger partial charge on any atom is -0.453 e.